The van der Waals surface area contributed by atoms with Crippen molar-refractivity contribution in [2.24, 2.45) is 0 Å². The maximum Gasteiger partial charge on any atom is 0.163 e. The first-order valence-corrected chi connectivity index (χ1v) is 69.1. The SMILES string of the molecule is C=C=C=C(C)CO[C@H]1[C@H](OCC(C)=C=C=C)[C@H](C)P(C)[C@H]1C.CP1CCC1(C)C.CP1CCCC1(C)C.CP1CCCCC1(C)C.C[C@H]1CCCCP1C.C[C@H]1CCCP1C.C[C@H]1CCC[C@H](C)P1C.C[C@H]1CCP1C.C[C@H]1CC[C@H](C)P1C.C[C@H]1COC[C@H](C)P1C.C[C@H]1C[C@H](C)P1C.C[C@H]1[C@H]2OC(C)(C)O[C@@H]2[C@H](C)P1C. The zero-order valence-electron chi connectivity index (χ0n) is 81.6. The molecule has 0 bridgehead atoms. The number of rotatable bonds is 6. The van der Waals surface area contributed by atoms with Gasteiger partial charge in [-0.3, -0.25) is 0 Å². The molecule has 664 valence electrons. The number of hydrogen-bond acceptors (Lipinski definition) is 5. The molecule has 25 atom stereocenters. The van der Waals surface area contributed by atoms with Crippen LogP contribution in [0.15, 0.2) is 47.2 Å². The van der Waals surface area contributed by atoms with E-state index in [4.69, 9.17) is 23.7 Å². The fourth-order valence-corrected chi connectivity index (χ4v) is 38.2. The molecule has 17 heteroatoms. The van der Waals surface area contributed by atoms with E-state index in [0.29, 0.717) is 125 Å². The Morgan fingerprint density at radius 1 is 0.336 bits per heavy atom. The average Bonchev–Trinajstić information content (AvgIpc) is 1.62. The molecule has 0 amide bonds. The molecule has 0 aromatic heterocycles. The maximum atomic E-state index is 6.14. The Morgan fingerprint density at radius 2 is 0.673 bits per heavy atom. The topological polar surface area (TPSA) is 46.2 Å². The van der Waals surface area contributed by atoms with Crippen LogP contribution >= 0.6 is 95.1 Å². The third-order valence-corrected chi connectivity index (χ3v) is 66.6. The Hall–Kier alpha value is 3.56. The smallest absolute Gasteiger partial charge is 0.163 e. The second-order valence-corrected chi connectivity index (χ2v) is 75.7. The summed E-state index contributed by atoms with van der Waals surface area (Å²) in [6, 6.07) is 0. The maximum absolute atomic E-state index is 6.14. The summed E-state index contributed by atoms with van der Waals surface area (Å²) in [4.78, 5) is 0. The molecule has 13 rings (SSSR count). The van der Waals surface area contributed by atoms with Gasteiger partial charge in [-0.25, -0.2) is 0 Å². The summed E-state index contributed by atoms with van der Waals surface area (Å²) >= 11 is 0. The lowest BCUT2D eigenvalue weighted by atomic mass is 10.1. The lowest BCUT2D eigenvalue weighted by Crippen LogP contribution is -2.36. The Balaban J connectivity index is 0.000000427. The van der Waals surface area contributed by atoms with Crippen LogP contribution in [0.2, 0.25) is 0 Å². The summed E-state index contributed by atoms with van der Waals surface area (Å²) in [5.74, 6) is -0.353. The van der Waals surface area contributed by atoms with E-state index in [-0.39, 0.29) is 41.8 Å². The van der Waals surface area contributed by atoms with Crippen LogP contribution in [0.25, 0.3) is 0 Å². The molecule has 13 heterocycles. The molecule has 13 aliphatic rings. The molecular weight excluding hydrogens is 1600 g/mol. The lowest BCUT2D eigenvalue weighted by Gasteiger charge is -2.42. The van der Waals surface area contributed by atoms with E-state index in [0.717, 1.165) is 96.9 Å². The fourth-order valence-electron chi connectivity index (χ4n) is 16.5. The zero-order valence-corrected chi connectivity index (χ0v) is 92.3. The molecule has 13 aliphatic heterocycles. The Labute approximate surface area is 723 Å². The molecule has 0 aromatic rings. The summed E-state index contributed by atoms with van der Waals surface area (Å²) < 4.78 is 29.5. The first-order chi connectivity index (χ1) is 52.5. The Bertz CT molecular complexity index is 2600. The summed E-state index contributed by atoms with van der Waals surface area (Å²) in [6.07, 6.45) is 36.9. The largest absolute Gasteiger partial charge is 0.380 e. The first-order valence-electron chi connectivity index (χ1n) is 45.4. The van der Waals surface area contributed by atoms with Crippen LogP contribution in [-0.2, 0) is 23.7 Å². The van der Waals surface area contributed by atoms with E-state index in [9.17, 15) is 0 Å². The Kier molecular flexibility index (Phi) is 56.5. The second-order valence-electron chi connectivity index (χ2n) is 39.7. The van der Waals surface area contributed by atoms with Crippen molar-refractivity contribution in [1.82, 2.24) is 0 Å². The summed E-state index contributed by atoms with van der Waals surface area (Å²) in [5, 5.41) is 2.16. The van der Waals surface area contributed by atoms with Gasteiger partial charge in [0.1, 0.15) is 0 Å². The van der Waals surface area contributed by atoms with Crippen LogP contribution in [0, 0.1) is 0 Å². The second kappa shape index (κ2) is 56.7. The normalized spacial score (nSPS) is 39.2. The molecular formula is C96H190O5P12. The average molecular weight is 1800 g/mol. The predicted octanol–water partition coefficient (Wildman–Crippen LogP) is 31.6. The van der Waals surface area contributed by atoms with Crippen LogP contribution in [0.3, 0.4) is 0 Å². The third kappa shape index (κ3) is 40.6. The zero-order chi connectivity index (χ0) is 86.2. The molecule has 0 aliphatic carbocycles. The van der Waals surface area contributed by atoms with Crippen molar-refractivity contribution in [3.63, 3.8) is 0 Å². The van der Waals surface area contributed by atoms with Crippen molar-refractivity contribution in [1.29, 1.82) is 0 Å². The summed E-state index contributed by atoms with van der Waals surface area (Å²) in [6.45, 7) is 96.8. The Morgan fingerprint density at radius 3 is 0.912 bits per heavy atom. The van der Waals surface area contributed by atoms with Crippen molar-refractivity contribution in [3.8, 4) is 0 Å². The summed E-state index contributed by atoms with van der Waals surface area (Å²) in [7, 11) is 4.14. The van der Waals surface area contributed by atoms with E-state index in [2.05, 4.69) is 261 Å². The van der Waals surface area contributed by atoms with Crippen molar-refractivity contribution in [2.45, 2.75) is 419 Å². The van der Waals surface area contributed by atoms with E-state index in [1.54, 1.807) is 0 Å². The van der Waals surface area contributed by atoms with E-state index >= 15 is 0 Å². The highest BCUT2D eigenvalue weighted by molar-refractivity contribution is 7.62. The van der Waals surface area contributed by atoms with Gasteiger partial charge < -0.3 is 23.7 Å². The first kappa shape index (κ1) is 113. The van der Waals surface area contributed by atoms with E-state index < -0.39 is 0 Å². The number of ether oxygens (including phenoxy) is 5. The highest BCUT2D eigenvalue weighted by Crippen LogP contribution is 2.61. The van der Waals surface area contributed by atoms with Gasteiger partial charge in [0.05, 0.1) is 50.8 Å². The minimum absolute atomic E-state index is 0.0879. The van der Waals surface area contributed by atoms with Crippen LogP contribution in [-0.4, -0.2) is 274 Å². The van der Waals surface area contributed by atoms with E-state index in [1.165, 1.54) is 153 Å². The van der Waals surface area contributed by atoms with Gasteiger partial charge in [-0.2, -0.15) is 0 Å². The van der Waals surface area contributed by atoms with Gasteiger partial charge >= 0.3 is 0 Å². The standard InChI is InChI=1S/C19H27O2P.C10H19O2P.2C8H17P.C7H15OP.3C7H15P.3C6H13P.C5H11P/c1-8-10-14(3)12-20-18-16(5)22(7)17(6)19(18)21-13-15(4)11-9-2;1-6-8-9(7(2)13(6)5)12-10(3,4)11-8;1-8(2)6-4-5-7-9(8)3;1-7-5-4-6-8(2)9(7)3;1-6-4-8-5-7(2)9(6)3;1-7(2)5-4-6-8(7)3;1-6-4-5-7(2)8(6)3;1-7-5-3-4-6-8(7)2;1-6(2)4-5-7(6)3;1-5-4-6(2)7(5)3;1-6-4-3-5-7(6)2;1-5-3-4-6(5)2/h16-19H,1-2,12-13H2,3-7H3;6-9H,1-5H3;4-7H2,1-3H3;7-8H,4-6H2,1-3H3;6-7H,4-5H2,1-3H3;4-6H2,1-3H3;6-7H,4-5H2,1-3H3;7H,3-6H2,1-2H3;4-5H2,1-3H3;5-6H,4H2,1-3H3;6H,3-5H2,1-2H3;5H,3-4H2,1-2H3/t16-,17-,18+,19+;6-,7-,8+,9+;;7-,8-;6-,7-;;6-,7-;7-,8?;;5-,6-;6-,7?;5-,6?/m00.00.00.000/s1. The molecule has 13 saturated heterocycles. The molecule has 6 unspecified atom stereocenters. The van der Waals surface area contributed by atoms with Crippen LogP contribution in [0.4, 0.5) is 0 Å². The van der Waals surface area contributed by atoms with Crippen molar-refractivity contribution < 1.29 is 23.7 Å². The predicted molar refractivity (Wildman–Crippen MR) is 548 cm³/mol. The minimum Gasteiger partial charge on any atom is -0.380 e. The molecule has 0 N–H and O–H groups in total. The van der Waals surface area contributed by atoms with Gasteiger partial charge in [-0.05, 0) is 332 Å². The van der Waals surface area contributed by atoms with Gasteiger partial charge in [0.15, 0.2) is 5.79 Å². The molecule has 0 radical (unpaired) electrons. The monoisotopic (exact) mass is 1800 g/mol. The fraction of sp³-hybridized carbons (Fsp3) is 0.917. The van der Waals surface area contributed by atoms with Gasteiger partial charge in [-0.1, -0.05) is 211 Å². The van der Waals surface area contributed by atoms with Crippen molar-refractivity contribution in [3.05, 3.63) is 47.2 Å². The van der Waals surface area contributed by atoms with Crippen LogP contribution < -0.4 is 0 Å². The molecule has 113 heavy (non-hydrogen) atoms. The molecule has 13 fully saturated rings. The van der Waals surface area contributed by atoms with E-state index in [1.807, 2.05) is 27.7 Å². The molecule has 0 aromatic carbocycles. The lowest BCUT2D eigenvalue weighted by molar-refractivity contribution is -0.147. The van der Waals surface area contributed by atoms with Gasteiger partial charge in [0.25, 0.3) is 0 Å². The van der Waals surface area contributed by atoms with Crippen LogP contribution in [0.5, 0.6) is 0 Å². The molecule has 5 nitrogen and oxygen atoms in total. The highest BCUT2D eigenvalue weighted by Gasteiger charge is 2.54. The van der Waals surface area contributed by atoms with Gasteiger partial charge in [-0.15, -0.1) is 71.3 Å². The van der Waals surface area contributed by atoms with Gasteiger partial charge in [0.2, 0.25) is 0 Å². The van der Waals surface area contributed by atoms with Crippen molar-refractivity contribution >= 4 is 95.1 Å². The number of fused-ring (bicyclic) bond motifs is 1. The van der Waals surface area contributed by atoms with Gasteiger partial charge in [0, 0.05) is 33.8 Å². The van der Waals surface area contributed by atoms with Crippen molar-refractivity contribution in [2.75, 3.05) is 143 Å². The third-order valence-electron chi connectivity index (χ3n) is 29.4. The molecule has 0 spiro atoms. The molecule has 0 saturated carbocycles. The highest BCUT2D eigenvalue weighted by atomic mass is 31.1. The minimum atomic E-state index is -0.353. The van der Waals surface area contributed by atoms with Crippen LogP contribution in [0.1, 0.15) is 289 Å². The number of hydrogen-bond donors (Lipinski definition) is 0. The summed E-state index contributed by atoms with van der Waals surface area (Å²) in [5.41, 5.74) is 26.9. The quantitative estimate of drug-likeness (QED) is 0.196.